The maximum Gasteiger partial charge on any atom is 0.335 e. The first kappa shape index (κ1) is 15.3. The number of hydrogen-bond acceptors (Lipinski definition) is 2. The van der Waals surface area contributed by atoms with Crippen molar-refractivity contribution in [2.24, 2.45) is 17.8 Å². The van der Waals surface area contributed by atoms with Crippen LogP contribution in [0.15, 0.2) is 42.5 Å². The Morgan fingerprint density at radius 1 is 1.08 bits per heavy atom. The van der Waals surface area contributed by atoms with Crippen LogP contribution in [0, 0.1) is 17.8 Å². The second-order valence-corrected chi connectivity index (χ2v) is 8.09. The van der Waals surface area contributed by atoms with E-state index in [1.165, 1.54) is 30.4 Å². The molecule has 0 radical (unpaired) electrons. The van der Waals surface area contributed by atoms with Crippen molar-refractivity contribution in [1.29, 1.82) is 0 Å². The van der Waals surface area contributed by atoms with Crippen molar-refractivity contribution in [1.82, 2.24) is 0 Å². The van der Waals surface area contributed by atoms with Gasteiger partial charge in [0.25, 0.3) is 0 Å². The molecule has 2 bridgehead atoms. The Bertz CT molecular complexity index is 865. The van der Waals surface area contributed by atoms with E-state index in [2.05, 4.69) is 11.4 Å². The average Bonchev–Trinajstić information content (AvgIpc) is 3.23. The highest BCUT2D eigenvalue weighted by Crippen LogP contribution is 2.64. The molecule has 5 rings (SSSR count). The fraction of sp³-hybridized carbons (Fsp3) is 0.381. The summed E-state index contributed by atoms with van der Waals surface area (Å²) in [7, 11) is 0. The molecule has 2 aromatic rings. The van der Waals surface area contributed by atoms with Crippen LogP contribution >= 0.6 is 11.6 Å². The molecule has 4 heteroatoms. The van der Waals surface area contributed by atoms with Gasteiger partial charge in [-0.2, -0.15) is 0 Å². The molecule has 2 fully saturated rings. The van der Waals surface area contributed by atoms with Gasteiger partial charge in [0.15, 0.2) is 0 Å². The number of fused-ring (bicyclic) bond motifs is 7. The van der Waals surface area contributed by atoms with Crippen molar-refractivity contribution in [2.75, 3.05) is 5.32 Å². The summed E-state index contributed by atoms with van der Waals surface area (Å²) in [6, 6.07) is 13.8. The van der Waals surface area contributed by atoms with E-state index in [0.717, 1.165) is 10.7 Å². The molecule has 3 nitrogen and oxygen atoms in total. The van der Waals surface area contributed by atoms with Gasteiger partial charge < -0.3 is 10.4 Å². The molecule has 2 aromatic carbocycles. The molecule has 25 heavy (non-hydrogen) atoms. The molecule has 0 amide bonds. The van der Waals surface area contributed by atoms with Crippen LogP contribution in [-0.2, 0) is 0 Å². The summed E-state index contributed by atoms with van der Waals surface area (Å²) in [6.45, 7) is 0. The van der Waals surface area contributed by atoms with Gasteiger partial charge in [0.2, 0.25) is 0 Å². The summed E-state index contributed by atoms with van der Waals surface area (Å²) in [5.74, 6) is 1.46. The predicted molar refractivity (Wildman–Crippen MR) is 98.3 cm³/mol. The van der Waals surface area contributed by atoms with E-state index < -0.39 is 5.97 Å². The van der Waals surface area contributed by atoms with Crippen LogP contribution in [-0.4, -0.2) is 11.1 Å². The SMILES string of the molecule is O=C(O)c1ccc2c(c1)[C@@H]1[C@H]3CC[C@@H](C3)[C@@H]1[C@@H](c1ccccc1Cl)N2. The fourth-order valence-corrected chi connectivity index (χ4v) is 5.91. The van der Waals surface area contributed by atoms with Crippen LogP contribution in [0.3, 0.4) is 0 Å². The average molecular weight is 354 g/mol. The molecule has 1 aliphatic heterocycles. The van der Waals surface area contributed by atoms with Crippen LogP contribution in [0.25, 0.3) is 0 Å². The molecule has 3 aliphatic rings. The van der Waals surface area contributed by atoms with Crippen LogP contribution in [0.1, 0.15) is 52.7 Å². The summed E-state index contributed by atoms with van der Waals surface area (Å²) in [6.07, 6.45) is 3.80. The minimum absolute atomic E-state index is 0.206. The lowest BCUT2D eigenvalue weighted by molar-refractivity contribution is 0.0696. The third-order valence-corrected chi connectivity index (χ3v) is 6.92. The Kier molecular flexibility index (Phi) is 3.36. The highest BCUT2D eigenvalue weighted by Gasteiger charge is 2.54. The molecule has 2 N–H and O–H groups in total. The Labute approximate surface area is 152 Å². The first-order valence-electron chi connectivity index (χ1n) is 9.01. The zero-order chi connectivity index (χ0) is 17.1. The minimum atomic E-state index is -0.851. The first-order valence-corrected chi connectivity index (χ1v) is 9.39. The predicted octanol–water partition coefficient (Wildman–Crippen LogP) is 5.33. The molecule has 0 saturated heterocycles. The van der Waals surface area contributed by atoms with E-state index in [4.69, 9.17) is 11.6 Å². The van der Waals surface area contributed by atoms with Crippen molar-refractivity contribution < 1.29 is 9.90 Å². The third-order valence-electron chi connectivity index (χ3n) is 6.57. The highest BCUT2D eigenvalue weighted by molar-refractivity contribution is 6.31. The molecule has 128 valence electrons. The molecule has 1 heterocycles. The molecule has 0 aromatic heterocycles. The molecule has 0 spiro atoms. The number of benzene rings is 2. The van der Waals surface area contributed by atoms with Gasteiger partial charge >= 0.3 is 5.97 Å². The Hall–Kier alpha value is -2.00. The number of carbonyl (C=O) groups is 1. The quantitative estimate of drug-likeness (QED) is 0.766. The van der Waals surface area contributed by atoms with Crippen LogP contribution in [0.2, 0.25) is 5.02 Å². The topological polar surface area (TPSA) is 49.3 Å². The van der Waals surface area contributed by atoms with E-state index >= 15 is 0 Å². The van der Waals surface area contributed by atoms with Gasteiger partial charge in [-0.1, -0.05) is 29.8 Å². The van der Waals surface area contributed by atoms with Crippen LogP contribution in [0.5, 0.6) is 0 Å². The summed E-state index contributed by atoms with van der Waals surface area (Å²) in [4.78, 5) is 11.4. The Morgan fingerprint density at radius 3 is 2.68 bits per heavy atom. The van der Waals surface area contributed by atoms with E-state index in [9.17, 15) is 9.90 Å². The van der Waals surface area contributed by atoms with Gasteiger partial charge in [0.1, 0.15) is 0 Å². The van der Waals surface area contributed by atoms with E-state index in [1.807, 2.05) is 30.3 Å². The summed E-state index contributed by atoms with van der Waals surface area (Å²) >= 11 is 6.53. The number of hydrogen-bond donors (Lipinski definition) is 2. The molecular weight excluding hydrogens is 334 g/mol. The van der Waals surface area contributed by atoms with E-state index in [-0.39, 0.29) is 6.04 Å². The van der Waals surface area contributed by atoms with Crippen molar-refractivity contribution >= 4 is 23.3 Å². The normalized spacial score (nSPS) is 32.0. The lowest BCUT2D eigenvalue weighted by atomic mass is 9.68. The summed E-state index contributed by atoms with van der Waals surface area (Å²) in [5, 5.41) is 13.9. The molecule has 5 atom stereocenters. The van der Waals surface area contributed by atoms with Crippen LogP contribution in [0.4, 0.5) is 5.69 Å². The lowest BCUT2D eigenvalue weighted by Gasteiger charge is -2.43. The first-order chi connectivity index (χ1) is 12.1. The van der Waals surface area contributed by atoms with Gasteiger partial charge in [-0.15, -0.1) is 0 Å². The van der Waals surface area contributed by atoms with Gasteiger partial charge in [-0.05, 0) is 78.3 Å². The number of halogens is 1. The van der Waals surface area contributed by atoms with Gasteiger partial charge in [-0.25, -0.2) is 4.79 Å². The lowest BCUT2D eigenvalue weighted by Crippen LogP contribution is -2.35. The number of anilines is 1. The molecule has 0 unspecified atom stereocenters. The maximum absolute atomic E-state index is 11.4. The van der Waals surface area contributed by atoms with Crippen molar-refractivity contribution in [3.05, 3.63) is 64.2 Å². The summed E-state index contributed by atoms with van der Waals surface area (Å²) < 4.78 is 0. The van der Waals surface area contributed by atoms with Gasteiger partial charge in [0, 0.05) is 10.7 Å². The number of nitrogens with one attached hydrogen (secondary N) is 1. The standard InChI is InChI=1S/C21H20ClNO2/c22-16-4-2-1-3-14(16)20-19-12-6-5-11(9-12)18(19)15-10-13(21(24)25)7-8-17(15)23-20/h1-4,7-8,10-12,18-20,23H,5-6,9H2,(H,24,25)/t11-,12-,18-,19-,20+/m0/s1. The molecule has 2 aliphatic carbocycles. The highest BCUT2D eigenvalue weighted by atomic mass is 35.5. The monoisotopic (exact) mass is 353 g/mol. The van der Waals surface area contributed by atoms with Crippen molar-refractivity contribution in [3.63, 3.8) is 0 Å². The smallest absolute Gasteiger partial charge is 0.335 e. The number of aromatic carboxylic acids is 1. The van der Waals surface area contributed by atoms with Gasteiger partial charge in [0.05, 0.1) is 11.6 Å². The van der Waals surface area contributed by atoms with E-state index in [0.29, 0.717) is 29.2 Å². The number of rotatable bonds is 2. The Balaban J connectivity index is 1.65. The van der Waals surface area contributed by atoms with Crippen LogP contribution < -0.4 is 5.32 Å². The zero-order valence-corrected chi connectivity index (χ0v) is 14.5. The van der Waals surface area contributed by atoms with E-state index in [1.54, 1.807) is 6.07 Å². The van der Waals surface area contributed by atoms with Crippen molar-refractivity contribution in [3.8, 4) is 0 Å². The minimum Gasteiger partial charge on any atom is -0.478 e. The third kappa shape index (κ3) is 2.22. The van der Waals surface area contributed by atoms with Gasteiger partial charge in [-0.3, -0.25) is 0 Å². The fourth-order valence-electron chi connectivity index (χ4n) is 5.66. The second kappa shape index (κ2) is 5.50. The molecule has 2 saturated carbocycles. The second-order valence-electron chi connectivity index (χ2n) is 7.69. The van der Waals surface area contributed by atoms with Crippen molar-refractivity contribution in [2.45, 2.75) is 31.2 Å². The maximum atomic E-state index is 11.4. The molecular formula is C21H20ClNO2. The number of carboxylic acids is 1. The Morgan fingerprint density at radius 2 is 1.88 bits per heavy atom. The summed E-state index contributed by atoms with van der Waals surface area (Å²) in [5.41, 5.74) is 3.82. The number of carboxylic acid groups (broad SMARTS) is 1. The zero-order valence-electron chi connectivity index (χ0n) is 13.8. The largest absolute Gasteiger partial charge is 0.478 e.